The van der Waals surface area contributed by atoms with Crippen molar-refractivity contribution in [3.05, 3.63) is 65.9 Å². The number of nitrogens with zero attached hydrogens (tertiary/aromatic N) is 4. The molecule has 16 nitrogen and oxygen atoms in total. The summed E-state index contributed by atoms with van der Waals surface area (Å²) in [5.74, 6) is 1.67. The number of ether oxygens (including phenoxy) is 4. The van der Waals surface area contributed by atoms with Crippen molar-refractivity contribution in [3.8, 4) is 28.1 Å². The zero-order chi connectivity index (χ0) is 45.8. The van der Waals surface area contributed by atoms with E-state index in [0.717, 1.165) is 81.2 Å². The second-order valence-corrected chi connectivity index (χ2v) is 18.8. The van der Waals surface area contributed by atoms with Gasteiger partial charge in [0.05, 0.1) is 61.4 Å². The molecule has 0 radical (unpaired) electrons. The molecule has 0 bridgehead atoms. The molecule has 9 rings (SSSR count). The quantitative estimate of drug-likeness (QED) is 0.112. The van der Waals surface area contributed by atoms with E-state index in [2.05, 4.69) is 63.9 Å². The number of likely N-dealkylation sites (tertiary alicyclic amines) is 2. The van der Waals surface area contributed by atoms with Crippen molar-refractivity contribution in [1.82, 2.24) is 40.4 Å². The number of nitrogens with one attached hydrogen (secondary N) is 4. The molecule has 6 heterocycles. The van der Waals surface area contributed by atoms with Crippen LogP contribution in [-0.2, 0) is 30.4 Å². The number of H-pyrrole nitrogens is 2. The van der Waals surface area contributed by atoms with Crippen LogP contribution in [0, 0.1) is 11.8 Å². The minimum atomic E-state index is -0.747. The summed E-state index contributed by atoms with van der Waals surface area (Å²) in [6.07, 6.45) is 4.93. The van der Waals surface area contributed by atoms with Crippen molar-refractivity contribution in [2.45, 2.75) is 135 Å². The number of aromatic amines is 2. The van der Waals surface area contributed by atoms with Crippen LogP contribution in [-0.4, -0.2) is 104 Å². The lowest BCUT2D eigenvalue weighted by Crippen LogP contribution is -2.55. The number of fused-ring (bicyclic) bond motifs is 6. The zero-order valence-electron chi connectivity index (χ0n) is 38.4. The van der Waals surface area contributed by atoms with E-state index in [4.69, 9.17) is 28.9 Å². The molecular weight excluding hydrogens is 829 g/mol. The summed E-state index contributed by atoms with van der Waals surface area (Å²) in [6, 6.07) is 12.6. The Balaban J connectivity index is 0.959. The predicted octanol–water partition coefficient (Wildman–Crippen LogP) is 8.08. The molecular formula is C49H60N8O8. The molecule has 5 aromatic rings. The summed E-state index contributed by atoms with van der Waals surface area (Å²) in [7, 11) is 2.61. The molecule has 0 spiro atoms. The van der Waals surface area contributed by atoms with Crippen LogP contribution in [0.25, 0.3) is 44.2 Å². The molecule has 16 heteroatoms. The van der Waals surface area contributed by atoms with Crippen LogP contribution in [0.1, 0.15) is 109 Å². The smallest absolute Gasteiger partial charge is 0.407 e. The van der Waals surface area contributed by atoms with Crippen molar-refractivity contribution < 1.29 is 38.1 Å². The third-order valence-corrected chi connectivity index (χ3v) is 14.1. The number of carbonyl (C=O) groups is 4. The predicted molar refractivity (Wildman–Crippen MR) is 244 cm³/mol. The Morgan fingerprint density at radius 3 is 2.15 bits per heavy atom. The van der Waals surface area contributed by atoms with Crippen LogP contribution >= 0.6 is 0 Å². The summed E-state index contributed by atoms with van der Waals surface area (Å²) in [6.45, 7) is 12.3. The van der Waals surface area contributed by atoms with Crippen LogP contribution in [0.15, 0.2) is 48.7 Å². The number of hydrogen-bond donors (Lipinski definition) is 4. The first kappa shape index (κ1) is 44.1. The van der Waals surface area contributed by atoms with Gasteiger partial charge in [0.15, 0.2) is 0 Å². The molecule has 3 aromatic carbocycles. The van der Waals surface area contributed by atoms with E-state index in [0.29, 0.717) is 31.1 Å². The summed E-state index contributed by atoms with van der Waals surface area (Å²) in [5, 5.41) is 7.62. The Morgan fingerprint density at radius 1 is 0.785 bits per heavy atom. The van der Waals surface area contributed by atoms with Gasteiger partial charge in [-0.15, -0.1) is 0 Å². The second-order valence-electron chi connectivity index (χ2n) is 18.8. The van der Waals surface area contributed by atoms with Gasteiger partial charge in [0.25, 0.3) is 0 Å². The zero-order valence-corrected chi connectivity index (χ0v) is 38.4. The van der Waals surface area contributed by atoms with Crippen molar-refractivity contribution in [2.75, 3.05) is 14.2 Å². The van der Waals surface area contributed by atoms with E-state index in [1.807, 2.05) is 56.7 Å². The maximum Gasteiger partial charge on any atom is 0.407 e. The van der Waals surface area contributed by atoms with Gasteiger partial charge in [0.2, 0.25) is 11.8 Å². The average Bonchev–Trinajstić information content (AvgIpc) is 4.11. The van der Waals surface area contributed by atoms with Crippen LogP contribution in [0.5, 0.6) is 5.75 Å². The van der Waals surface area contributed by atoms with Gasteiger partial charge in [-0.05, 0) is 124 Å². The maximum absolute atomic E-state index is 14.5. The summed E-state index contributed by atoms with van der Waals surface area (Å²) >= 11 is 0. The molecule has 3 saturated heterocycles. The molecule has 344 valence electrons. The van der Waals surface area contributed by atoms with E-state index < -0.39 is 24.3 Å². The average molecular weight is 889 g/mol. The highest BCUT2D eigenvalue weighted by atomic mass is 16.5. The van der Waals surface area contributed by atoms with Gasteiger partial charge in [0.1, 0.15) is 36.1 Å². The van der Waals surface area contributed by atoms with E-state index >= 15 is 0 Å². The van der Waals surface area contributed by atoms with Crippen LogP contribution in [0.3, 0.4) is 0 Å². The molecule has 3 fully saturated rings. The highest BCUT2D eigenvalue weighted by Crippen LogP contribution is 2.44. The van der Waals surface area contributed by atoms with Crippen LogP contribution in [0.2, 0.25) is 0 Å². The number of carbonyl (C=O) groups excluding carboxylic acids is 4. The van der Waals surface area contributed by atoms with Crippen LogP contribution in [0.4, 0.5) is 9.59 Å². The largest absolute Gasteiger partial charge is 0.488 e. The topological polar surface area (TPSA) is 193 Å². The first-order valence-corrected chi connectivity index (χ1v) is 23.0. The number of aromatic nitrogens is 4. The lowest BCUT2D eigenvalue weighted by molar-refractivity contribution is -0.140. The molecule has 0 unspecified atom stereocenters. The molecule has 4 aliphatic heterocycles. The van der Waals surface area contributed by atoms with Gasteiger partial charge in [-0.25, -0.2) is 19.6 Å². The number of methoxy groups -OCH3 is 2. The molecule has 0 aliphatic carbocycles. The van der Waals surface area contributed by atoms with Gasteiger partial charge >= 0.3 is 12.2 Å². The lowest BCUT2D eigenvalue weighted by Gasteiger charge is -2.39. The lowest BCUT2D eigenvalue weighted by atomic mass is 9.85. The fraction of sp³-hybridized carbons (Fsp3) is 0.510. The summed E-state index contributed by atoms with van der Waals surface area (Å²) < 4.78 is 22.2. The van der Waals surface area contributed by atoms with Gasteiger partial charge in [-0.2, -0.15) is 0 Å². The molecule has 9 atom stereocenters. The summed E-state index contributed by atoms with van der Waals surface area (Å²) in [4.78, 5) is 74.0. The Hall–Kier alpha value is -6.16. The van der Waals surface area contributed by atoms with Crippen molar-refractivity contribution in [2.24, 2.45) is 11.8 Å². The van der Waals surface area contributed by atoms with Crippen LogP contribution < -0.4 is 15.4 Å². The number of benzene rings is 3. The Labute approximate surface area is 378 Å². The molecule has 2 aromatic heterocycles. The fourth-order valence-electron chi connectivity index (χ4n) is 10.9. The molecule has 4 amide bonds. The number of hydrogen-bond acceptors (Lipinski definition) is 10. The van der Waals surface area contributed by atoms with E-state index in [1.54, 1.807) is 0 Å². The third-order valence-electron chi connectivity index (χ3n) is 14.1. The normalized spacial score (nSPS) is 24.9. The number of amides is 4. The fourth-order valence-corrected chi connectivity index (χ4v) is 10.9. The van der Waals surface area contributed by atoms with Crippen molar-refractivity contribution in [1.29, 1.82) is 0 Å². The van der Waals surface area contributed by atoms with E-state index in [1.165, 1.54) is 14.2 Å². The first-order chi connectivity index (χ1) is 31.2. The highest BCUT2D eigenvalue weighted by Gasteiger charge is 2.45. The highest BCUT2D eigenvalue weighted by molar-refractivity contribution is 6.07. The molecule has 4 N–H and O–H groups in total. The van der Waals surface area contributed by atoms with Crippen molar-refractivity contribution >= 4 is 45.8 Å². The SMILES string of the molecule is COC(=O)N[C@H](C(=O)N1[C@@H](C)CC[C@H]1c1nc2ccc3cc4c(cc3c2[nH]1)OCc1cc(-c2cnc([C@@H]3CC[C@H](C)N3C(=O)[C@H](NC(=O)OC)[C@H]3C[C@@H](C)O[C@@H](C)C3)[nH]2)ccc1-4)C(C)C. The van der Waals surface area contributed by atoms with Gasteiger partial charge < -0.3 is 49.3 Å². The van der Waals surface area contributed by atoms with Gasteiger partial charge in [0, 0.05) is 23.0 Å². The standard InChI is InChI=1S/C49H60N8O8/c1-24(2)41(54-48(60)62-7)46(58)57-26(4)10-16-39(57)45-51-36-14-12-29-20-35-33-13-11-30(19-32(33)23-64-40(35)21-34(29)43(36)53-45)37-22-50-44(52-37)38-15-9-25(3)56(38)47(59)42(55-49(61)63-8)31-17-27(5)65-28(6)18-31/h11-14,19-22,24-28,31,38-39,41-42H,9-10,15-18,23H2,1-8H3,(H,50,52)(H,51,53)(H,54,60)(H,55,61)/t25-,26-,27-,28+,31+,38-,39-,41-,42+/m0/s1. The number of alkyl carbamates (subject to hydrolysis) is 2. The molecule has 0 saturated carbocycles. The number of rotatable bonds is 9. The van der Waals surface area contributed by atoms with E-state index in [-0.39, 0.29) is 60.0 Å². The Kier molecular flexibility index (Phi) is 12.0. The summed E-state index contributed by atoms with van der Waals surface area (Å²) in [5.41, 5.74) is 6.58. The third kappa shape index (κ3) is 8.25. The second kappa shape index (κ2) is 17.7. The first-order valence-electron chi connectivity index (χ1n) is 23.0. The van der Waals surface area contributed by atoms with Gasteiger partial charge in [-0.1, -0.05) is 32.0 Å². The van der Waals surface area contributed by atoms with Crippen molar-refractivity contribution in [3.63, 3.8) is 0 Å². The monoisotopic (exact) mass is 888 g/mol. The minimum Gasteiger partial charge on any atom is -0.488 e. The molecule has 65 heavy (non-hydrogen) atoms. The maximum atomic E-state index is 14.5. The number of imidazole rings is 2. The Morgan fingerprint density at radius 2 is 1.46 bits per heavy atom. The molecule has 4 aliphatic rings. The van der Waals surface area contributed by atoms with Gasteiger partial charge in [-0.3, -0.25) is 9.59 Å². The Bertz CT molecular complexity index is 2630. The van der Waals surface area contributed by atoms with E-state index in [9.17, 15) is 19.2 Å². The minimum absolute atomic E-state index is 0.0292.